The standard InChI is InChI=1S/C12H14N2O4S/c1-7(10(15)14-12(13)17)18-11(16)8-3-5-9(19-2)6-4-8/h3-7H,1-2H3,(H3,13,14,15,17)/t7-/m0/s1. The number of rotatable bonds is 4. The normalized spacial score (nSPS) is 11.5. The van der Waals surface area contributed by atoms with E-state index in [0.717, 1.165) is 4.90 Å². The fraction of sp³-hybridized carbons (Fsp3) is 0.250. The molecule has 19 heavy (non-hydrogen) atoms. The van der Waals surface area contributed by atoms with Gasteiger partial charge in [-0.1, -0.05) is 0 Å². The number of benzene rings is 1. The van der Waals surface area contributed by atoms with Crippen LogP contribution in [-0.2, 0) is 9.53 Å². The van der Waals surface area contributed by atoms with Crippen LogP contribution in [0.5, 0.6) is 0 Å². The van der Waals surface area contributed by atoms with E-state index in [1.54, 1.807) is 36.0 Å². The Bertz CT molecular complexity index is 487. The summed E-state index contributed by atoms with van der Waals surface area (Å²) < 4.78 is 4.91. The number of esters is 1. The van der Waals surface area contributed by atoms with E-state index in [9.17, 15) is 14.4 Å². The van der Waals surface area contributed by atoms with Crippen molar-refractivity contribution in [3.63, 3.8) is 0 Å². The first kappa shape index (κ1) is 15.0. The van der Waals surface area contributed by atoms with Crippen molar-refractivity contribution in [1.29, 1.82) is 0 Å². The molecule has 0 aromatic heterocycles. The summed E-state index contributed by atoms with van der Waals surface area (Å²) in [7, 11) is 0. The average molecular weight is 282 g/mol. The molecule has 1 aromatic carbocycles. The number of ether oxygens (including phenoxy) is 1. The maximum atomic E-state index is 11.7. The fourth-order valence-electron chi connectivity index (χ4n) is 1.23. The SMILES string of the molecule is CSc1ccc(C(=O)O[C@@H](C)C(=O)NC(N)=O)cc1. The second kappa shape index (κ2) is 6.79. The summed E-state index contributed by atoms with van der Waals surface area (Å²) >= 11 is 1.55. The smallest absolute Gasteiger partial charge is 0.338 e. The van der Waals surface area contributed by atoms with Gasteiger partial charge in [0.2, 0.25) is 0 Å². The lowest BCUT2D eigenvalue weighted by Crippen LogP contribution is -2.42. The van der Waals surface area contributed by atoms with Gasteiger partial charge in [-0.25, -0.2) is 9.59 Å². The molecule has 0 bridgehead atoms. The van der Waals surface area contributed by atoms with Crippen LogP contribution in [0.15, 0.2) is 29.2 Å². The van der Waals surface area contributed by atoms with Crippen LogP contribution in [0.2, 0.25) is 0 Å². The maximum absolute atomic E-state index is 11.7. The summed E-state index contributed by atoms with van der Waals surface area (Å²) in [6.07, 6.45) is 0.823. The molecule has 7 heteroatoms. The van der Waals surface area contributed by atoms with Gasteiger partial charge in [0.1, 0.15) is 0 Å². The number of primary amides is 1. The van der Waals surface area contributed by atoms with Crippen LogP contribution in [0.3, 0.4) is 0 Å². The minimum Gasteiger partial charge on any atom is -0.449 e. The first-order valence-corrected chi connectivity index (χ1v) is 6.62. The Morgan fingerprint density at radius 1 is 1.26 bits per heavy atom. The molecule has 3 N–H and O–H groups in total. The summed E-state index contributed by atoms with van der Waals surface area (Å²) in [5, 5.41) is 1.84. The van der Waals surface area contributed by atoms with Crippen LogP contribution in [-0.4, -0.2) is 30.3 Å². The molecule has 1 aromatic rings. The topological polar surface area (TPSA) is 98.5 Å². The number of hydrogen-bond donors (Lipinski definition) is 2. The molecule has 0 unspecified atom stereocenters. The lowest BCUT2D eigenvalue weighted by atomic mass is 10.2. The van der Waals surface area contributed by atoms with Crippen molar-refractivity contribution in [2.45, 2.75) is 17.9 Å². The van der Waals surface area contributed by atoms with Gasteiger partial charge in [0.25, 0.3) is 5.91 Å². The number of nitrogens with two attached hydrogens (primary N) is 1. The molecule has 102 valence electrons. The number of urea groups is 1. The van der Waals surface area contributed by atoms with Crippen molar-refractivity contribution in [2.75, 3.05) is 6.26 Å². The third kappa shape index (κ3) is 4.63. The molecule has 0 fully saturated rings. The zero-order valence-electron chi connectivity index (χ0n) is 10.5. The van der Waals surface area contributed by atoms with E-state index < -0.39 is 24.0 Å². The van der Waals surface area contributed by atoms with E-state index in [0.29, 0.717) is 5.56 Å². The summed E-state index contributed by atoms with van der Waals surface area (Å²) in [5.41, 5.74) is 5.12. The molecular weight excluding hydrogens is 268 g/mol. The maximum Gasteiger partial charge on any atom is 0.338 e. The van der Waals surface area contributed by atoms with Crippen LogP contribution < -0.4 is 11.1 Å². The van der Waals surface area contributed by atoms with Crippen LogP contribution in [0.4, 0.5) is 4.79 Å². The highest BCUT2D eigenvalue weighted by molar-refractivity contribution is 7.98. The van der Waals surface area contributed by atoms with E-state index in [4.69, 9.17) is 10.5 Å². The van der Waals surface area contributed by atoms with Crippen LogP contribution in [0.1, 0.15) is 17.3 Å². The third-order valence-corrected chi connectivity index (χ3v) is 2.97. The minimum atomic E-state index is -1.10. The minimum absolute atomic E-state index is 0.330. The Kier molecular flexibility index (Phi) is 5.37. The number of hydrogen-bond acceptors (Lipinski definition) is 5. The molecule has 1 rings (SSSR count). The molecule has 1 atom stereocenters. The number of nitrogens with one attached hydrogen (secondary N) is 1. The lowest BCUT2D eigenvalue weighted by molar-refractivity contribution is -0.127. The highest BCUT2D eigenvalue weighted by Crippen LogP contribution is 2.15. The summed E-state index contributed by atoms with van der Waals surface area (Å²) in [5.74, 6) is -1.40. The van der Waals surface area contributed by atoms with Gasteiger partial charge in [-0.2, -0.15) is 0 Å². The second-order valence-corrected chi connectivity index (χ2v) is 4.51. The molecular formula is C12H14N2O4S. The molecule has 0 aliphatic carbocycles. The molecule has 0 radical (unpaired) electrons. The van der Waals surface area contributed by atoms with Crippen molar-refractivity contribution in [1.82, 2.24) is 5.32 Å². The van der Waals surface area contributed by atoms with Gasteiger partial charge in [0.05, 0.1) is 5.56 Å². The van der Waals surface area contributed by atoms with Gasteiger partial charge in [0, 0.05) is 4.90 Å². The van der Waals surface area contributed by atoms with Crippen LogP contribution >= 0.6 is 11.8 Å². The predicted molar refractivity (Wildman–Crippen MR) is 70.8 cm³/mol. The van der Waals surface area contributed by atoms with Crippen molar-refractivity contribution < 1.29 is 19.1 Å². The largest absolute Gasteiger partial charge is 0.449 e. The molecule has 0 heterocycles. The predicted octanol–water partition coefficient (Wildman–Crippen LogP) is 1.15. The van der Waals surface area contributed by atoms with Gasteiger partial charge in [0.15, 0.2) is 6.10 Å². The van der Waals surface area contributed by atoms with Crippen LogP contribution in [0, 0.1) is 0 Å². The monoisotopic (exact) mass is 282 g/mol. The lowest BCUT2D eigenvalue weighted by Gasteiger charge is -2.12. The van der Waals surface area contributed by atoms with E-state index in [1.165, 1.54) is 6.92 Å². The van der Waals surface area contributed by atoms with Gasteiger partial charge < -0.3 is 10.5 Å². The van der Waals surface area contributed by atoms with Crippen molar-refractivity contribution >= 4 is 29.7 Å². The van der Waals surface area contributed by atoms with Gasteiger partial charge in [-0.15, -0.1) is 11.8 Å². The van der Waals surface area contributed by atoms with Crippen molar-refractivity contribution in [2.24, 2.45) is 5.73 Å². The molecule has 0 spiro atoms. The highest BCUT2D eigenvalue weighted by Gasteiger charge is 2.19. The van der Waals surface area contributed by atoms with Gasteiger partial charge >= 0.3 is 12.0 Å². The number of carbonyl (C=O) groups excluding carboxylic acids is 3. The molecule has 3 amide bonds. The molecule has 0 aliphatic heterocycles. The van der Waals surface area contributed by atoms with E-state index in [2.05, 4.69) is 0 Å². The summed E-state index contributed by atoms with van der Waals surface area (Å²) in [6.45, 7) is 1.35. The highest BCUT2D eigenvalue weighted by atomic mass is 32.2. The Morgan fingerprint density at radius 3 is 2.32 bits per heavy atom. The Balaban J connectivity index is 2.63. The zero-order valence-corrected chi connectivity index (χ0v) is 11.3. The Labute approximate surface area is 114 Å². The summed E-state index contributed by atoms with van der Waals surface area (Å²) in [4.78, 5) is 34.5. The first-order valence-electron chi connectivity index (χ1n) is 5.39. The van der Waals surface area contributed by atoms with E-state index >= 15 is 0 Å². The molecule has 0 saturated heterocycles. The second-order valence-electron chi connectivity index (χ2n) is 3.63. The van der Waals surface area contributed by atoms with Crippen LogP contribution in [0.25, 0.3) is 0 Å². The molecule has 0 saturated carbocycles. The fourth-order valence-corrected chi connectivity index (χ4v) is 1.64. The number of imide groups is 1. The number of thioether (sulfide) groups is 1. The van der Waals surface area contributed by atoms with Gasteiger partial charge in [-0.05, 0) is 37.4 Å². The van der Waals surface area contributed by atoms with Crippen molar-refractivity contribution in [3.8, 4) is 0 Å². The number of amides is 3. The van der Waals surface area contributed by atoms with Crippen molar-refractivity contribution in [3.05, 3.63) is 29.8 Å². The number of carbonyl (C=O) groups is 3. The first-order chi connectivity index (χ1) is 8.93. The quantitative estimate of drug-likeness (QED) is 0.637. The molecule has 0 aliphatic rings. The summed E-state index contributed by atoms with van der Waals surface area (Å²) in [6, 6.07) is 5.77. The van der Waals surface area contributed by atoms with Gasteiger partial charge in [-0.3, -0.25) is 10.1 Å². The van der Waals surface area contributed by atoms with E-state index in [1.807, 2.05) is 11.6 Å². The Morgan fingerprint density at radius 2 is 1.84 bits per heavy atom. The average Bonchev–Trinajstić information content (AvgIpc) is 2.37. The third-order valence-electron chi connectivity index (χ3n) is 2.23. The Hall–Kier alpha value is -2.02. The van der Waals surface area contributed by atoms with E-state index in [-0.39, 0.29) is 0 Å². The molecule has 6 nitrogen and oxygen atoms in total. The zero-order chi connectivity index (χ0) is 14.4.